The Morgan fingerprint density at radius 3 is 2.48 bits per heavy atom. The molecule has 0 aliphatic rings. The van der Waals surface area contributed by atoms with Gasteiger partial charge in [0.1, 0.15) is 11.5 Å². The second-order valence-corrected chi connectivity index (χ2v) is 6.13. The van der Waals surface area contributed by atoms with Gasteiger partial charge in [0.05, 0.1) is 25.6 Å². The maximum atomic E-state index is 12.9. The first-order valence-corrected chi connectivity index (χ1v) is 8.45. The minimum absolute atomic E-state index is 0.196. The molecule has 2 aromatic carbocycles. The van der Waals surface area contributed by atoms with E-state index < -0.39 is 0 Å². The molecule has 3 rings (SSSR count). The van der Waals surface area contributed by atoms with Crippen LogP contribution in [0.15, 0.2) is 47.3 Å². The van der Waals surface area contributed by atoms with Crippen LogP contribution in [0.4, 0.5) is 0 Å². The van der Waals surface area contributed by atoms with Gasteiger partial charge in [-0.3, -0.25) is 9.59 Å². The molecule has 0 aliphatic carbocycles. The zero-order valence-corrected chi connectivity index (χ0v) is 15.6. The fraction of sp³-hybridized carbons (Fsp3) is 0.250. The molecular formula is C20H21N3O4. The van der Waals surface area contributed by atoms with Gasteiger partial charge in [-0.15, -0.1) is 0 Å². The number of amides is 1. The summed E-state index contributed by atoms with van der Waals surface area (Å²) in [6.07, 6.45) is 0. The van der Waals surface area contributed by atoms with Gasteiger partial charge >= 0.3 is 0 Å². The smallest absolute Gasteiger partial charge is 0.274 e. The van der Waals surface area contributed by atoms with Crippen LogP contribution in [0, 0.1) is 0 Å². The number of ether oxygens (including phenoxy) is 2. The standard InChI is InChI=1S/C20H21N3O4/c1-12(16-11-13(26-3)9-10-17(16)27-4)21-19(24)18-14-7-5-6-8-15(14)20(25)23(2)22-18/h5-12H,1-4H3,(H,21,24). The Morgan fingerprint density at radius 1 is 1.11 bits per heavy atom. The van der Waals surface area contributed by atoms with Crippen molar-refractivity contribution in [2.45, 2.75) is 13.0 Å². The van der Waals surface area contributed by atoms with Crippen LogP contribution >= 0.6 is 0 Å². The number of nitrogens with zero attached hydrogens (tertiary/aromatic N) is 2. The summed E-state index contributed by atoms with van der Waals surface area (Å²) in [5.74, 6) is 0.929. The van der Waals surface area contributed by atoms with Gasteiger partial charge in [-0.2, -0.15) is 5.10 Å². The van der Waals surface area contributed by atoms with Gasteiger partial charge in [0.15, 0.2) is 5.69 Å². The van der Waals surface area contributed by atoms with E-state index in [9.17, 15) is 9.59 Å². The molecule has 1 amide bonds. The summed E-state index contributed by atoms with van der Waals surface area (Å²) in [5, 5.41) is 8.05. The number of nitrogens with one attached hydrogen (secondary N) is 1. The molecule has 1 heterocycles. The second-order valence-electron chi connectivity index (χ2n) is 6.13. The Morgan fingerprint density at radius 2 is 1.81 bits per heavy atom. The van der Waals surface area contributed by atoms with E-state index in [1.165, 1.54) is 11.7 Å². The zero-order valence-electron chi connectivity index (χ0n) is 15.6. The lowest BCUT2D eigenvalue weighted by Gasteiger charge is -2.18. The highest BCUT2D eigenvalue weighted by molar-refractivity contribution is 6.04. The largest absolute Gasteiger partial charge is 0.497 e. The molecule has 0 saturated heterocycles. The molecule has 3 aromatic rings. The van der Waals surface area contributed by atoms with Crippen molar-refractivity contribution in [2.24, 2.45) is 7.05 Å². The lowest BCUT2D eigenvalue weighted by molar-refractivity contribution is 0.0934. The summed E-state index contributed by atoms with van der Waals surface area (Å²) in [6.45, 7) is 1.85. The molecule has 7 heteroatoms. The van der Waals surface area contributed by atoms with Gasteiger partial charge in [0, 0.05) is 18.0 Å². The monoisotopic (exact) mass is 367 g/mol. The minimum atomic E-state index is -0.376. The van der Waals surface area contributed by atoms with E-state index in [-0.39, 0.29) is 23.2 Å². The van der Waals surface area contributed by atoms with E-state index in [4.69, 9.17) is 9.47 Å². The molecule has 27 heavy (non-hydrogen) atoms. The molecular weight excluding hydrogens is 346 g/mol. The molecule has 1 aromatic heterocycles. The summed E-state index contributed by atoms with van der Waals surface area (Å²) in [5.41, 5.74) is 0.727. The first-order chi connectivity index (χ1) is 13.0. The fourth-order valence-corrected chi connectivity index (χ4v) is 2.99. The number of methoxy groups -OCH3 is 2. The van der Waals surface area contributed by atoms with E-state index in [1.54, 1.807) is 50.6 Å². The second kappa shape index (κ2) is 7.49. The third-order valence-electron chi connectivity index (χ3n) is 4.42. The number of benzene rings is 2. The van der Waals surface area contributed by atoms with Crippen molar-refractivity contribution >= 4 is 16.7 Å². The van der Waals surface area contributed by atoms with E-state index in [0.29, 0.717) is 22.3 Å². The van der Waals surface area contributed by atoms with Gasteiger partial charge in [-0.25, -0.2) is 4.68 Å². The van der Waals surface area contributed by atoms with Crippen molar-refractivity contribution in [1.29, 1.82) is 0 Å². The molecule has 140 valence electrons. The van der Waals surface area contributed by atoms with Crippen molar-refractivity contribution in [1.82, 2.24) is 15.1 Å². The molecule has 0 saturated carbocycles. The first kappa shape index (κ1) is 18.4. The number of rotatable bonds is 5. The Kier molecular flexibility index (Phi) is 5.12. The summed E-state index contributed by atoms with van der Waals surface area (Å²) in [6, 6.07) is 12.0. The predicted molar refractivity (Wildman–Crippen MR) is 102 cm³/mol. The molecule has 0 radical (unpaired) electrons. The molecule has 7 nitrogen and oxygen atoms in total. The number of aryl methyl sites for hydroxylation is 1. The van der Waals surface area contributed by atoms with Gasteiger partial charge in [-0.05, 0) is 31.2 Å². The van der Waals surface area contributed by atoms with Crippen molar-refractivity contribution in [3.63, 3.8) is 0 Å². The SMILES string of the molecule is COc1ccc(OC)c(C(C)NC(=O)c2nn(C)c(=O)c3ccccc23)c1. The van der Waals surface area contributed by atoms with Crippen LogP contribution in [-0.4, -0.2) is 29.9 Å². The molecule has 0 bridgehead atoms. The third-order valence-corrected chi connectivity index (χ3v) is 4.42. The lowest BCUT2D eigenvalue weighted by Crippen LogP contribution is -2.31. The summed E-state index contributed by atoms with van der Waals surface area (Å²) >= 11 is 0. The van der Waals surface area contributed by atoms with Crippen LogP contribution < -0.4 is 20.3 Å². The van der Waals surface area contributed by atoms with Crippen molar-refractivity contribution in [3.8, 4) is 11.5 Å². The number of hydrogen-bond donors (Lipinski definition) is 1. The van der Waals surface area contributed by atoms with Gasteiger partial charge in [0.25, 0.3) is 11.5 Å². The highest BCUT2D eigenvalue weighted by atomic mass is 16.5. The van der Waals surface area contributed by atoms with E-state index in [1.807, 2.05) is 13.0 Å². The maximum Gasteiger partial charge on any atom is 0.274 e. The van der Waals surface area contributed by atoms with Gasteiger partial charge in [-0.1, -0.05) is 18.2 Å². The Hall–Kier alpha value is -3.35. The molecule has 1 unspecified atom stereocenters. The van der Waals surface area contributed by atoms with Gasteiger partial charge < -0.3 is 14.8 Å². The lowest BCUT2D eigenvalue weighted by atomic mass is 10.1. The first-order valence-electron chi connectivity index (χ1n) is 8.45. The van der Waals surface area contributed by atoms with Crippen LogP contribution in [0.5, 0.6) is 11.5 Å². The van der Waals surface area contributed by atoms with Crippen molar-refractivity contribution < 1.29 is 14.3 Å². The molecule has 0 aliphatic heterocycles. The molecule has 0 spiro atoms. The van der Waals surface area contributed by atoms with Crippen LogP contribution in [0.1, 0.15) is 29.0 Å². The number of carbonyl (C=O) groups is 1. The number of carbonyl (C=O) groups excluding carboxylic acids is 1. The van der Waals surface area contributed by atoms with Gasteiger partial charge in [0.2, 0.25) is 0 Å². The Labute approximate surface area is 156 Å². The summed E-state index contributed by atoms with van der Waals surface area (Å²) in [4.78, 5) is 25.1. The molecule has 1 atom stereocenters. The number of fused-ring (bicyclic) bond motifs is 1. The van der Waals surface area contributed by atoms with E-state index in [0.717, 1.165) is 5.56 Å². The summed E-state index contributed by atoms with van der Waals surface area (Å²) in [7, 11) is 4.68. The maximum absolute atomic E-state index is 12.9. The Bertz CT molecular complexity index is 1060. The normalized spacial score (nSPS) is 11.9. The topological polar surface area (TPSA) is 82.4 Å². The highest BCUT2D eigenvalue weighted by Gasteiger charge is 2.20. The molecule has 1 N–H and O–H groups in total. The number of hydrogen-bond acceptors (Lipinski definition) is 5. The van der Waals surface area contributed by atoms with Crippen molar-refractivity contribution in [2.75, 3.05) is 14.2 Å². The van der Waals surface area contributed by atoms with Crippen molar-refractivity contribution in [3.05, 3.63) is 64.1 Å². The van der Waals surface area contributed by atoms with E-state index in [2.05, 4.69) is 10.4 Å². The average molecular weight is 367 g/mol. The fourth-order valence-electron chi connectivity index (χ4n) is 2.99. The zero-order chi connectivity index (χ0) is 19.6. The predicted octanol–water partition coefficient (Wildman–Crippen LogP) is 2.44. The average Bonchev–Trinajstić information content (AvgIpc) is 2.70. The van der Waals surface area contributed by atoms with Crippen LogP contribution in [0.3, 0.4) is 0 Å². The minimum Gasteiger partial charge on any atom is -0.497 e. The Balaban J connectivity index is 1.98. The van der Waals surface area contributed by atoms with Crippen LogP contribution in [0.2, 0.25) is 0 Å². The van der Waals surface area contributed by atoms with Crippen LogP contribution in [-0.2, 0) is 7.05 Å². The van der Waals surface area contributed by atoms with Crippen LogP contribution in [0.25, 0.3) is 10.8 Å². The summed E-state index contributed by atoms with van der Waals surface area (Å²) < 4.78 is 11.8. The quantitative estimate of drug-likeness (QED) is 0.749. The van der Waals surface area contributed by atoms with E-state index >= 15 is 0 Å². The third kappa shape index (κ3) is 3.48. The highest BCUT2D eigenvalue weighted by Crippen LogP contribution is 2.29. The number of aromatic nitrogens is 2. The molecule has 0 fully saturated rings.